The molecule has 1 aromatic carbocycles. The van der Waals surface area contributed by atoms with E-state index in [1.54, 1.807) is 0 Å². The monoisotopic (exact) mass is 260 g/mol. The molecule has 1 aliphatic heterocycles. The van der Waals surface area contributed by atoms with Crippen molar-refractivity contribution in [1.29, 1.82) is 0 Å². The fourth-order valence-electron chi connectivity index (χ4n) is 2.46. The van der Waals surface area contributed by atoms with Gasteiger partial charge in [-0.3, -0.25) is 4.79 Å². The third kappa shape index (κ3) is 3.72. The molecule has 104 valence electrons. The summed E-state index contributed by atoms with van der Waals surface area (Å²) in [6.45, 7) is 7.84. The zero-order valence-corrected chi connectivity index (χ0v) is 12.1. The van der Waals surface area contributed by atoms with E-state index in [1.807, 2.05) is 4.90 Å². The number of hydrogen-bond acceptors (Lipinski definition) is 2. The van der Waals surface area contributed by atoms with Crippen molar-refractivity contribution >= 4 is 11.6 Å². The standard InChI is InChI=1S/C16H24N2O/c1-3-4-5-16(19)18-12-10-17(11-13-18)15-8-6-14(2)7-9-15/h6-9H,3-5,10-13H2,1-2H3. The van der Waals surface area contributed by atoms with Crippen molar-refractivity contribution in [3.05, 3.63) is 29.8 Å². The maximum Gasteiger partial charge on any atom is 0.222 e. The van der Waals surface area contributed by atoms with Crippen molar-refractivity contribution in [1.82, 2.24) is 4.90 Å². The van der Waals surface area contributed by atoms with Crippen LogP contribution in [0.3, 0.4) is 0 Å². The molecule has 0 unspecified atom stereocenters. The van der Waals surface area contributed by atoms with Crippen LogP contribution in [0.1, 0.15) is 31.7 Å². The highest BCUT2D eigenvalue weighted by atomic mass is 16.2. The van der Waals surface area contributed by atoms with Crippen molar-refractivity contribution in [3.8, 4) is 0 Å². The number of aryl methyl sites for hydroxylation is 1. The molecule has 3 heteroatoms. The Hall–Kier alpha value is -1.51. The van der Waals surface area contributed by atoms with Crippen LogP contribution in [-0.2, 0) is 4.79 Å². The molecular formula is C16H24N2O. The number of carbonyl (C=O) groups excluding carboxylic acids is 1. The molecule has 1 amide bonds. The fourth-order valence-corrected chi connectivity index (χ4v) is 2.46. The minimum atomic E-state index is 0.324. The molecule has 0 atom stereocenters. The van der Waals surface area contributed by atoms with E-state index in [-0.39, 0.29) is 0 Å². The zero-order chi connectivity index (χ0) is 13.7. The summed E-state index contributed by atoms with van der Waals surface area (Å²) in [7, 11) is 0. The van der Waals surface area contributed by atoms with Crippen LogP contribution in [0.4, 0.5) is 5.69 Å². The van der Waals surface area contributed by atoms with E-state index in [0.29, 0.717) is 12.3 Å². The molecule has 1 aliphatic rings. The molecule has 1 aromatic rings. The number of anilines is 1. The van der Waals surface area contributed by atoms with Gasteiger partial charge in [0.05, 0.1) is 0 Å². The van der Waals surface area contributed by atoms with Gasteiger partial charge in [-0.1, -0.05) is 31.0 Å². The van der Waals surface area contributed by atoms with Crippen LogP contribution in [-0.4, -0.2) is 37.0 Å². The Morgan fingerprint density at radius 2 is 1.74 bits per heavy atom. The first-order valence-corrected chi connectivity index (χ1v) is 7.30. The van der Waals surface area contributed by atoms with Gasteiger partial charge in [-0.15, -0.1) is 0 Å². The van der Waals surface area contributed by atoms with Crippen molar-refractivity contribution in [2.45, 2.75) is 33.1 Å². The third-order valence-corrected chi connectivity index (χ3v) is 3.78. The summed E-state index contributed by atoms with van der Waals surface area (Å²) >= 11 is 0. The summed E-state index contributed by atoms with van der Waals surface area (Å²) in [6, 6.07) is 8.63. The molecule has 19 heavy (non-hydrogen) atoms. The summed E-state index contributed by atoms with van der Waals surface area (Å²) in [5.74, 6) is 0.324. The van der Waals surface area contributed by atoms with Crippen LogP contribution in [0.15, 0.2) is 24.3 Å². The number of piperazine rings is 1. The van der Waals surface area contributed by atoms with Gasteiger partial charge in [0.15, 0.2) is 0 Å². The minimum absolute atomic E-state index is 0.324. The average Bonchev–Trinajstić information content (AvgIpc) is 2.46. The summed E-state index contributed by atoms with van der Waals surface area (Å²) in [6.07, 6.45) is 2.81. The first-order valence-electron chi connectivity index (χ1n) is 7.30. The molecule has 0 spiro atoms. The molecule has 1 heterocycles. The highest BCUT2D eigenvalue weighted by Gasteiger charge is 2.20. The number of carbonyl (C=O) groups is 1. The van der Waals surface area contributed by atoms with Gasteiger partial charge in [-0.2, -0.15) is 0 Å². The molecule has 0 aromatic heterocycles. The molecular weight excluding hydrogens is 236 g/mol. The van der Waals surface area contributed by atoms with Gasteiger partial charge < -0.3 is 9.80 Å². The molecule has 0 bridgehead atoms. The summed E-state index contributed by atoms with van der Waals surface area (Å²) in [5.41, 5.74) is 2.56. The van der Waals surface area contributed by atoms with Gasteiger partial charge in [-0.25, -0.2) is 0 Å². The van der Waals surface area contributed by atoms with E-state index in [2.05, 4.69) is 43.0 Å². The number of unbranched alkanes of at least 4 members (excludes halogenated alkanes) is 1. The van der Waals surface area contributed by atoms with Crippen molar-refractivity contribution < 1.29 is 4.79 Å². The summed E-state index contributed by atoms with van der Waals surface area (Å²) in [4.78, 5) is 16.3. The highest BCUT2D eigenvalue weighted by molar-refractivity contribution is 5.76. The highest BCUT2D eigenvalue weighted by Crippen LogP contribution is 2.17. The number of rotatable bonds is 4. The van der Waals surface area contributed by atoms with Crippen LogP contribution < -0.4 is 4.90 Å². The molecule has 0 radical (unpaired) electrons. The van der Waals surface area contributed by atoms with Crippen LogP contribution in [0.5, 0.6) is 0 Å². The Labute approximate surface area is 116 Å². The van der Waals surface area contributed by atoms with Gasteiger partial charge >= 0.3 is 0 Å². The van der Waals surface area contributed by atoms with Crippen LogP contribution in [0.25, 0.3) is 0 Å². The predicted molar refractivity (Wildman–Crippen MR) is 79.5 cm³/mol. The van der Waals surface area contributed by atoms with E-state index in [0.717, 1.165) is 39.0 Å². The predicted octanol–water partition coefficient (Wildman–Crippen LogP) is 2.83. The van der Waals surface area contributed by atoms with Gasteiger partial charge in [-0.05, 0) is 25.5 Å². The van der Waals surface area contributed by atoms with Crippen LogP contribution >= 0.6 is 0 Å². The lowest BCUT2D eigenvalue weighted by molar-refractivity contribution is -0.131. The Morgan fingerprint density at radius 1 is 1.11 bits per heavy atom. The Kier molecular flexibility index (Phi) is 4.83. The van der Waals surface area contributed by atoms with Crippen molar-refractivity contribution in [3.63, 3.8) is 0 Å². The fraction of sp³-hybridized carbons (Fsp3) is 0.562. The second-order valence-electron chi connectivity index (χ2n) is 5.31. The summed E-state index contributed by atoms with van der Waals surface area (Å²) < 4.78 is 0. The average molecular weight is 260 g/mol. The molecule has 1 saturated heterocycles. The van der Waals surface area contributed by atoms with E-state index >= 15 is 0 Å². The molecule has 1 fully saturated rings. The lowest BCUT2D eigenvalue weighted by Gasteiger charge is -2.36. The number of amides is 1. The van der Waals surface area contributed by atoms with Gasteiger partial charge in [0.2, 0.25) is 5.91 Å². The van der Waals surface area contributed by atoms with E-state index in [9.17, 15) is 4.79 Å². The third-order valence-electron chi connectivity index (χ3n) is 3.78. The van der Waals surface area contributed by atoms with E-state index in [4.69, 9.17) is 0 Å². The van der Waals surface area contributed by atoms with Gasteiger partial charge in [0.25, 0.3) is 0 Å². The molecule has 0 saturated carbocycles. The lowest BCUT2D eigenvalue weighted by atomic mass is 10.2. The minimum Gasteiger partial charge on any atom is -0.368 e. The Balaban J connectivity index is 1.85. The normalized spacial score (nSPS) is 15.7. The maximum atomic E-state index is 12.0. The first kappa shape index (κ1) is 13.9. The first-order chi connectivity index (χ1) is 9.20. The molecule has 3 nitrogen and oxygen atoms in total. The topological polar surface area (TPSA) is 23.6 Å². The van der Waals surface area contributed by atoms with Gasteiger partial charge in [0, 0.05) is 38.3 Å². The summed E-state index contributed by atoms with van der Waals surface area (Å²) in [5, 5.41) is 0. The molecule has 2 rings (SSSR count). The smallest absolute Gasteiger partial charge is 0.222 e. The van der Waals surface area contributed by atoms with E-state index < -0.39 is 0 Å². The zero-order valence-electron chi connectivity index (χ0n) is 12.1. The van der Waals surface area contributed by atoms with Gasteiger partial charge in [0.1, 0.15) is 0 Å². The van der Waals surface area contributed by atoms with Crippen molar-refractivity contribution in [2.75, 3.05) is 31.1 Å². The number of hydrogen-bond donors (Lipinski definition) is 0. The molecule has 0 N–H and O–H groups in total. The van der Waals surface area contributed by atoms with Crippen LogP contribution in [0.2, 0.25) is 0 Å². The maximum absolute atomic E-state index is 12.0. The second-order valence-corrected chi connectivity index (χ2v) is 5.31. The Morgan fingerprint density at radius 3 is 2.32 bits per heavy atom. The lowest BCUT2D eigenvalue weighted by Crippen LogP contribution is -2.48. The number of benzene rings is 1. The Bertz CT molecular complexity index is 405. The quantitative estimate of drug-likeness (QED) is 0.831. The SMILES string of the molecule is CCCCC(=O)N1CCN(c2ccc(C)cc2)CC1. The van der Waals surface area contributed by atoms with Crippen molar-refractivity contribution in [2.24, 2.45) is 0 Å². The van der Waals surface area contributed by atoms with E-state index in [1.165, 1.54) is 11.3 Å². The van der Waals surface area contributed by atoms with Crippen LogP contribution in [0, 0.1) is 6.92 Å². The largest absolute Gasteiger partial charge is 0.368 e. The molecule has 0 aliphatic carbocycles. The second kappa shape index (κ2) is 6.60. The number of nitrogens with zero attached hydrogens (tertiary/aromatic N) is 2.